The van der Waals surface area contributed by atoms with Crippen LogP contribution in [0.4, 0.5) is 8.78 Å². The summed E-state index contributed by atoms with van der Waals surface area (Å²) in [6.07, 6.45) is 1.38. The second-order valence-corrected chi connectivity index (χ2v) is 4.54. The molecule has 1 rings (SSSR count). The van der Waals surface area contributed by atoms with E-state index in [2.05, 4.69) is 10.1 Å². The Morgan fingerprint density at radius 1 is 1.40 bits per heavy atom. The van der Waals surface area contributed by atoms with Crippen molar-refractivity contribution in [2.45, 2.75) is 45.4 Å². The van der Waals surface area contributed by atoms with Gasteiger partial charge in [-0.1, -0.05) is 31.5 Å². The van der Waals surface area contributed by atoms with Crippen molar-refractivity contribution in [1.82, 2.24) is 5.32 Å². The van der Waals surface area contributed by atoms with Crippen LogP contribution in [-0.2, 0) is 4.79 Å². The lowest BCUT2D eigenvalue weighted by molar-refractivity contribution is -0.123. The molecule has 1 aromatic rings. The number of hydrogen-bond donors (Lipinski definition) is 2. The van der Waals surface area contributed by atoms with Crippen molar-refractivity contribution in [1.29, 1.82) is 0 Å². The van der Waals surface area contributed by atoms with Crippen molar-refractivity contribution in [2.24, 2.45) is 5.73 Å². The lowest BCUT2D eigenvalue weighted by atomic mass is 10.1. The minimum absolute atomic E-state index is 0.0550. The number of ether oxygens (including phenoxy) is 1. The maximum Gasteiger partial charge on any atom is 0.387 e. The summed E-state index contributed by atoms with van der Waals surface area (Å²) in [7, 11) is 0. The molecule has 0 radical (unpaired) electrons. The zero-order valence-corrected chi connectivity index (χ0v) is 11.6. The van der Waals surface area contributed by atoms with Gasteiger partial charge in [-0.05, 0) is 19.4 Å². The number of alkyl halides is 2. The van der Waals surface area contributed by atoms with Crippen LogP contribution in [0.15, 0.2) is 24.3 Å². The summed E-state index contributed by atoms with van der Waals surface area (Å²) in [5, 5.41) is 2.71. The molecule has 1 amide bonds. The highest BCUT2D eigenvalue weighted by Crippen LogP contribution is 2.26. The Kier molecular flexibility index (Phi) is 6.38. The van der Waals surface area contributed by atoms with Crippen LogP contribution in [0.1, 0.15) is 38.3 Å². The van der Waals surface area contributed by atoms with E-state index < -0.39 is 18.7 Å². The van der Waals surface area contributed by atoms with Crippen LogP contribution in [0.3, 0.4) is 0 Å². The first-order valence-electron chi connectivity index (χ1n) is 6.55. The highest BCUT2D eigenvalue weighted by molar-refractivity contribution is 5.81. The Hall–Kier alpha value is -1.69. The predicted octanol–water partition coefficient (Wildman–Crippen LogP) is 2.59. The van der Waals surface area contributed by atoms with Crippen molar-refractivity contribution in [3.63, 3.8) is 0 Å². The predicted molar refractivity (Wildman–Crippen MR) is 72.5 cm³/mol. The molecule has 0 saturated carbocycles. The molecule has 2 atom stereocenters. The second-order valence-electron chi connectivity index (χ2n) is 4.54. The van der Waals surface area contributed by atoms with E-state index in [9.17, 15) is 13.6 Å². The Bertz CT molecular complexity index is 441. The number of hydrogen-bond acceptors (Lipinski definition) is 3. The number of para-hydroxylation sites is 1. The number of benzene rings is 1. The highest BCUT2D eigenvalue weighted by Gasteiger charge is 2.19. The van der Waals surface area contributed by atoms with Crippen LogP contribution in [0.25, 0.3) is 0 Å². The number of rotatable bonds is 7. The summed E-state index contributed by atoms with van der Waals surface area (Å²) in [6.45, 7) is 0.730. The number of halogens is 2. The first-order valence-corrected chi connectivity index (χ1v) is 6.55. The van der Waals surface area contributed by atoms with E-state index in [1.54, 1.807) is 25.1 Å². The van der Waals surface area contributed by atoms with Gasteiger partial charge < -0.3 is 15.8 Å². The van der Waals surface area contributed by atoms with Gasteiger partial charge in [-0.3, -0.25) is 4.79 Å². The molecule has 0 aliphatic heterocycles. The summed E-state index contributed by atoms with van der Waals surface area (Å²) < 4.78 is 29.1. The highest BCUT2D eigenvalue weighted by atomic mass is 19.3. The Morgan fingerprint density at radius 3 is 2.65 bits per heavy atom. The maximum atomic E-state index is 12.3. The van der Waals surface area contributed by atoms with Crippen LogP contribution in [0.2, 0.25) is 0 Å². The molecular formula is C14H20F2N2O2. The van der Waals surface area contributed by atoms with Crippen molar-refractivity contribution in [3.8, 4) is 5.75 Å². The van der Waals surface area contributed by atoms with Gasteiger partial charge in [-0.25, -0.2) is 0 Å². The molecule has 0 fully saturated rings. The summed E-state index contributed by atoms with van der Waals surface area (Å²) in [5.41, 5.74) is 6.20. The summed E-state index contributed by atoms with van der Waals surface area (Å²) in [4.78, 5) is 11.8. The van der Waals surface area contributed by atoms with Crippen LogP contribution in [0, 0.1) is 0 Å². The normalized spacial score (nSPS) is 13.9. The molecule has 3 N–H and O–H groups in total. The summed E-state index contributed by atoms with van der Waals surface area (Å²) in [6, 6.07) is 5.32. The number of nitrogens with one attached hydrogen (secondary N) is 1. The van der Waals surface area contributed by atoms with Gasteiger partial charge in [0, 0.05) is 5.56 Å². The van der Waals surface area contributed by atoms with E-state index in [0.29, 0.717) is 12.0 Å². The van der Waals surface area contributed by atoms with E-state index in [-0.39, 0.29) is 11.7 Å². The molecule has 0 bridgehead atoms. The van der Waals surface area contributed by atoms with E-state index in [1.807, 2.05) is 6.92 Å². The molecule has 6 heteroatoms. The summed E-state index contributed by atoms with van der Waals surface area (Å²) >= 11 is 0. The zero-order valence-electron chi connectivity index (χ0n) is 11.6. The second kappa shape index (κ2) is 7.79. The lowest BCUT2D eigenvalue weighted by Crippen LogP contribution is -2.41. The molecule has 0 aromatic heterocycles. The Balaban J connectivity index is 2.76. The minimum atomic E-state index is -2.90. The standard InChI is InChI=1S/C14H20F2N2O2/c1-3-6-11(17)13(19)18-9(2)10-7-4-5-8-12(10)20-14(15)16/h4-5,7-9,11,14H,3,6,17H2,1-2H3,(H,18,19)/t9?,11-/m1/s1. The Morgan fingerprint density at radius 2 is 2.05 bits per heavy atom. The van der Waals surface area contributed by atoms with E-state index in [0.717, 1.165) is 6.42 Å². The fourth-order valence-electron chi connectivity index (χ4n) is 1.88. The van der Waals surface area contributed by atoms with Gasteiger partial charge in [-0.2, -0.15) is 8.78 Å². The van der Waals surface area contributed by atoms with E-state index >= 15 is 0 Å². The van der Waals surface area contributed by atoms with Crippen LogP contribution in [0.5, 0.6) is 5.75 Å². The SMILES string of the molecule is CCC[C@@H](N)C(=O)NC(C)c1ccccc1OC(F)F. The molecule has 0 heterocycles. The van der Waals surface area contributed by atoms with E-state index in [4.69, 9.17) is 5.73 Å². The first-order chi connectivity index (χ1) is 9.45. The number of carbonyl (C=O) groups is 1. The number of nitrogens with two attached hydrogens (primary N) is 1. The van der Waals surface area contributed by atoms with Gasteiger partial charge in [0.05, 0.1) is 12.1 Å². The average Bonchev–Trinajstić information content (AvgIpc) is 2.38. The minimum Gasteiger partial charge on any atom is -0.434 e. The van der Waals surface area contributed by atoms with Gasteiger partial charge in [-0.15, -0.1) is 0 Å². The van der Waals surface area contributed by atoms with Crippen molar-refractivity contribution in [3.05, 3.63) is 29.8 Å². The monoisotopic (exact) mass is 286 g/mol. The third-order valence-electron chi connectivity index (χ3n) is 2.90. The molecule has 112 valence electrons. The van der Waals surface area contributed by atoms with Gasteiger partial charge >= 0.3 is 6.61 Å². The molecule has 1 aromatic carbocycles. The lowest BCUT2D eigenvalue weighted by Gasteiger charge is -2.20. The third-order valence-corrected chi connectivity index (χ3v) is 2.90. The smallest absolute Gasteiger partial charge is 0.387 e. The van der Waals surface area contributed by atoms with Gasteiger partial charge in [0.1, 0.15) is 5.75 Å². The first kappa shape index (κ1) is 16.4. The third kappa shape index (κ3) is 4.77. The van der Waals surface area contributed by atoms with Gasteiger partial charge in [0.2, 0.25) is 5.91 Å². The fourth-order valence-corrected chi connectivity index (χ4v) is 1.88. The topological polar surface area (TPSA) is 64.4 Å². The molecule has 0 aliphatic carbocycles. The van der Waals surface area contributed by atoms with Crippen molar-refractivity contribution < 1.29 is 18.3 Å². The number of amides is 1. The number of carbonyl (C=O) groups excluding carboxylic acids is 1. The quantitative estimate of drug-likeness (QED) is 0.809. The molecule has 20 heavy (non-hydrogen) atoms. The van der Waals surface area contributed by atoms with E-state index in [1.165, 1.54) is 6.07 Å². The van der Waals surface area contributed by atoms with Gasteiger partial charge in [0.15, 0.2) is 0 Å². The summed E-state index contributed by atoms with van der Waals surface area (Å²) in [5.74, 6) is -0.245. The average molecular weight is 286 g/mol. The Labute approximate surface area is 117 Å². The maximum absolute atomic E-state index is 12.3. The van der Waals surface area contributed by atoms with Crippen molar-refractivity contribution in [2.75, 3.05) is 0 Å². The largest absolute Gasteiger partial charge is 0.434 e. The fraction of sp³-hybridized carbons (Fsp3) is 0.500. The van der Waals surface area contributed by atoms with Crippen LogP contribution in [-0.4, -0.2) is 18.6 Å². The van der Waals surface area contributed by atoms with Crippen LogP contribution < -0.4 is 15.8 Å². The molecule has 0 saturated heterocycles. The van der Waals surface area contributed by atoms with Gasteiger partial charge in [0.25, 0.3) is 0 Å². The molecule has 0 spiro atoms. The molecule has 4 nitrogen and oxygen atoms in total. The molecule has 1 unspecified atom stereocenters. The molecule has 0 aliphatic rings. The van der Waals surface area contributed by atoms with Crippen molar-refractivity contribution >= 4 is 5.91 Å². The molecular weight excluding hydrogens is 266 g/mol. The van der Waals surface area contributed by atoms with Crippen LogP contribution >= 0.6 is 0 Å². The zero-order chi connectivity index (χ0) is 15.1.